The number of aliphatic hydroxyl groups is 1. The molecule has 6 heteroatoms. The van der Waals surface area contributed by atoms with E-state index in [1.807, 2.05) is 29.0 Å². The van der Waals surface area contributed by atoms with Crippen LogP contribution in [0.15, 0.2) is 42.7 Å². The molecule has 2 amide bonds. The number of benzene rings is 1. The number of aromatic nitrogens is 2. The quantitative estimate of drug-likeness (QED) is 0.786. The normalized spacial score (nSPS) is 20.5. The van der Waals surface area contributed by atoms with Crippen molar-refractivity contribution in [1.29, 1.82) is 0 Å². The molecule has 3 rings (SSSR count). The molecule has 2 aromatic rings. The number of rotatable bonds is 5. The van der Waals surface area contributed by atoms with Crippen molar-refractivity contribution in [2.45, 2.75) is 50.9 Å². The summed E-state index contributed by atoms with van der Waals surface area (Å²) in [6.07, 6.45) is 6.87. The number of carbonyl (C=O) groups is 1. The van der Waals surface area contributed by atoms with Crippen LogP contribution in [0.1, 0.15) is 37.1 Å². The van der Waals surface area contributed by atoms with E-state index in [1.54, 1.807) is 6.20 Å². The molecule has 3 N–H and O–H groups in total. The lowest BCUT2D eigenvalue weighted by Crippen LogP contribution is -2.48. The van der Waals surface area contributed by atoms with Crippen LogP contribution in [-0.4, -0.2) is 32.8 Å². The SMILES string of the molecule is O=C(NCc1nccn1Cc1ccccc1)N[C@@H]1CCCC[C@@H]1O. The Morgan fingerprint density at radius 3 is 2.83 bits per heavy atom. The van der Waals surface area contributed by atoms with E-state index in [0.29, 0.717) is 6.54 Å². The van der Waals surface area contributed by atoms with Gasteiger partial charge in [0.25, 0.3) is 0 Å². The number of amides is 2. The summed E-state index contributed by atoms with van der Waals surface area (Å²) >= 11 is 0. The molecular weight excluding hydrogens is 304 g/mol. The average Bonchev–Trinajstić information content (AvgIpc) is 3.03. The summed E-state index contributed by atoms with van der Waals surface area (Å²) in [5.74, 6) is 0.804. The van der Waals surface area contributed by atoms with Crippen LogP contribution in [0.2, 0.25) is 0 Å². The largest absolute Gasteiger partial charge is 0.391 e. The zero-order valence-electron chi connectivity index (χ0n) is 13.7. The highest BCUT2D eigenvalue weighted by molar-refractivity contribution is 5.74. The summed E-state index contributed by atoms with van der Waals surface area (Å²) in [5.41, 5.74) is 1.19. The highest BCUT2D eigenvalue weighted by Gasteiger charge is 2.24. The van der Waals surface area contributed by atoms with Crippen LogP contribution in [0, 0.1) is 0 Å². The van der Waals surface area contributed by atoms with Crippen molar-refractivity contribution in [2.75, 3.05) is 0 Å². The maximum Gasteiger partial charge on any atom is 0.315 e. The highest BCUT2D eigenvalue weighted by atomic mass is 16.3. The Morgan fingerprint density at radius 2 is 2.04 bits per heavy atom. The lowest BCUT2D eigenvalue weighted by Gasteiger charge is -2.28. The second-order valence-electron chi connectivity index (χ2n) is 6.24. The number of hydrogen-bond acceptors (Lipinski definition) is 3. The van der Waals surface area contributed by atoms with E-state index in [0.717, 1.165) is 38.1 Å². The molecule has 1 aromatic heterocycles. The molecule has 0 aliphatic heterocycles. The molecule has 0 saturated heterocycles. The van der Waals surface area contributed by atoms with Crippen LogP contribution in [0.5, 0.6) is 0 Å². The molecule has 24 heavy (non-hydrogen) atoms. The maximum atomic E-state index is 12.1. The lowest BCUT2D eigenvalue weighted by molar-refractivity contribution is 0.0943. The molecular formula is C18H24N4O2. The predicted octanol–water partition coefficient (Wildman–Crippen LogP) is 2.03. The topological polar surface area (TPSA) is 79.2 Å². The zero-order valence-corrected chi connectivity index (χ0v) is 13.7. The molecule has 2 atom stereocenters. The fourth-order valence-corrected chi connectivity index (χ4v) is 3.09. The first-order valence-electron chi connectivity index (χ1n) is 8.49. The van der Waals surface area contributed by atoms with Crippen molar-refractivity contribution in [1.82, 2.24) is 20.2 Å². The Bertz CT molecular complexity index is 656. The smallest absolute Gasteiger partial charge is 0.315 e. The molecule has 0 spiro atoms. The van der Waals surface area contributed by atoms with Crippen LogP contribution in [-0.2, 0) is 13.1 Å². The number of nitrogens with one attached hydrogen (secondary N) is 2. The minimum absolute atomic E-state index is 0.150. The monoisotopic (exact) mass is 328 g/mol. The second-order valence-corrected chi connectivity index (χ2v) is 6.24. The van der Waals surface area contributed by atoms with Gasteiger partial charge in [0, 0.05) is 18.9 Å². The fourth-order valence-electron chi connectivity index (χ4n) is 3.09. The third kappa shape index (κ3) is 4.35. The first kappa shape index (κ1) is 16.5. The van der Waals surface area contributed by atoms with E-state index >= 15 is 0 Å². The maximum absolute atomic E-state index is 12.1. The van der Waals surface area contributed by atoms with Crippen molar-refractivity contribution >= 4 is 6.03 Å². The van der Waals surface area contributed by atoms with E-state index < -0.39 is 6.10 Å². The third-order valence-corrected chi connectivity index (χ3v) is 4.45. The molecule has 1 heterocycles. The molecule has 1 aliphatic carbocycles. The Labute approximate surface area is 141 Å². The van der Waals surface area contributed by atoms with Crippen LogP contribution >= 0.6 is 0 Å². The van der Waals surface area contributed by atoms with Crippen LogP contribution < -0.4 is 10.6 Å². The lowest BCUT2D eigenvalue weighted by atomic mass is 9.93. The summed E-state index contributed by atoms with van der Waals surface area (Å²) < 4.78 is 2.02. The predicted molar refractivity (Wildman–Crippen MR) is 91.4 cm³/mol. The average molecular weight is 328 g/mol. The van der Waals surface area contributed by atoms with Crippen molar-refractivity contribution in [2.24, 2.45) is 0 Å². The molecule has 0 unspecified atom stereocenters. The van der Waals surface area contributed by atoms with Gasteiger partial charge in [0.15, 0.2) is 0 Å². The Hall–Kier alpha value is -2.34. The van der Waals surface area contributed by atoms with Gasteiger partial charge in [-0.3, -0.25) is 0 Å². The van der Waals surface area contributed by atoms with Gasteiger partial charge in [0.05, 0.1) is 18.7 Å². The van der Waals surface area contributed by atoms with Crippen molar-refractivity contribution in [3.05, 3.63) is 54.1 Å². The van der Waals surface area contributed by atoms with Crippen LogP contribution in [0.25, 0.3) is 0 Å². The van der Waals surface area contributed by atoms with E-state index in [2.05, 4.69) is 27.8 Å². The van der Waals surface area contributed by atoms with Gasteiger partial charge in [0.1, 0.15) is 5.82 Å². The molecule has 0 radical (unpaired) electrons. The van der Waals surface area contributed by atoms with Gasteiger partial charge in [-0.25, -0.2) is 9.78 Å². The van der Waals surface area contributed by atoms with E-state index in [4.69, 9.17) is 0 Å². The minimum atomic E-state index is -0.440. The standard InChI is InChI=1S/C18H24N4O2/c23-16-9-5-4-8-15(16)21-18(24)20-12-17-19-10-11-22(17)13-14-6-2-1-3-7-14/h1-3,6-7,10-11,15-16,23H,4-5,8-9,12-13H2,(H2,20,21,24)/t15-,16+/m1/s1. The van der Waals surface area contributed by atoms with E-state index in [-0.39, 0.29) is 12.1 Å². The number of hydrogen-bond donors (Lipinski definition) is 3. The Morgan fingerprint density at radius 1 is 1.25 bits per heavy atom. The summed E-state index contributed by atoms with van der Waals surface area (Å²) in [5, 5.41) is 15.6. The third-order valence-electron chi connectivity index (χ3n) is 4.45. The number of urea groups is 1. The summed E-state index contributed by atoms with van der Waals surface area (Å²) in [4.78, 5) is 16.4. The first-order chi connectivity index (χ1) is 11.7. The molecule has 128 valence electrons. The Balaban J connectivity index is 1.51. The number of carbonyl (C=O) groups excluding carboxylic acids is 1. The van der Waals surface area contributed by atoms with Crippen molar-refractivity contribution in [3.63, 3.8) is 0 Å². The van der Waals surface area contributed by atoms with Gasteiger partial charge < -0.3 is 20.3 Å². The number of imidazole rings is 1. The first-order valence-corrected chi connectivity index (χ1v) is 8.49. The van der Waals surface area contributed by atoms with Gasteiger partial charge in [-0.2, -0.15) is 0 Å². The van der Waals surface area contributed by atoms with Gasteiger partial charge in [-0.1, -0.05) is 43.2 Å². The number of nitrogens with zero attached hydrogens (tertiary/aromatic N) is 2. The van der Waals surface area contributed by atoms with Crippen LogP contribution in [0.3, 0.4) is 0 Å². The van der Waals surface area contributed by atoms with Gasteiger partial charge in [0.2, 0.25) is 0 Å². The molecule has 6 nitrogen and oxygen atoms in total. The minimum Gasteiger partial charge on any atom is -0.391 e. The summed E-state index contributed by atoms with van der Waals surface area (Å²) in [6.45, 7) is 1.08. The Kier molecular flexibility index (Phi) is 5.48. The van der Waals surface area contributed by atoms with Gasteiger partial charge in [-0.05, 0) is 18.4 Å². The second kappa shape index (κ2) is 7.97. The number of aliphatic hydroxyl groups excluding tert-OH is 1. The van der Waals surface area contributed by atoms with Crippen molar-refractivity contribution in [3.8, 4) is 0 Å². The molecule has 1 fully saturated rings. The zero-order chi connectivity index (χ0) is 16.8. The molecule has 1 aliphatic rings. The van der Waals surface area contributed by atoms with Gasteiger partial charge >= 0.3 is 6.03 Å². The molecule has 1 saturated carbocycles. The van der Waals surface area contributed by atoms with Crippen molar-refractivity contribution < 1.29 is 9.90 Å². The fraction of sp³-hybridized carbons (Fsp3) is 0.444. The van der Waals surface area contributed by atoms with E-state index in [9.17, 15) is 9.90 Å². The summed E-state index contributed by atoms with van der Waals surface area (Å²) in [7, 11) is 0. The van der Waals surface area contributed by atoms with Gasteiger partial charge in [-0.15, -0.1) is 0 Å². The summed E-state index contributed by atoms with van der Waals surface area (Å²) in [6, 6.07) is 9.73. The van der Waals surface area contributed by atoms with Crippen LogP contribution in [0.4, 0.5) is 4.79 Å². The highest BCUT2D eigenvalue weighted by Crippen LogP contribution is 2.18. The molecule has 0 bridgehead atoms. The molecule has 1 aromatic carbocycles. The van der Waals surface area contributed by atoms with E-state index in [1.165, 1.54) is 5.56 Å².